The van der Waals surface area contributed by atoms with Crippen LogP contribution in [-0.4, -0.2) is 73.1 Å². The number of hydrogen-bond donors (Lipinski definition) is 2. The maximum atomic E-state index is 14.2. The molecule has 10 nitrogen and oxygen atoms in total. The zero-order valence-electron chi connectivity index (χ0n) is 21.6. The molecule has 1 fully saturated rings. The number of ether oxygens (including phenoxy) is 1. The predicted molar refractivity (Wildman–Crippen MR) is 151 cm³/mol. The van der Waals surface area contributed by atoms with Gasteiger partial charge in [-0.25, -0.2) is 4.39 Å². The van der Waals surface area contributed by atoms with Gasteiger partial charge in [0.25, 0.3) is 11.8 Å². The fourth-order valence-electron chi connectivity index (χ4n) is 3.86. The standard InChI is InChI=1S/C26H24BCl2FN6O4/c1-35-9-11-36(12-10-35)26(38)15-2-4-16(5-3-15)32-25(37)19-14-21(24(31)34-33-19)40-20(8-13-39-27)22-17(28)6-7-18(30)23(22)29/h2-7,14,20H,9-12,27H2,1H3,(H2,31,34)(H,32,37)/t20-/m0/s1. The SMILES string of the molecule is BOC#C[C@H](Oc1cc(C(=O)Nc2ccc(C(=O)N3CCN(C)CC3)cc2)nnc1N)c1c(Cl)ccc(F)c1Cl. The molecular weight excluding hydrogens is 561 g/mol. The first-order valence-corrected chi connectivity index (χ1v) is 12.8. The summed E-state index contributed by atoms with van der Waals surface area (Å²) in [5, 5.41) is 10.1. The van der Waals surface area contributed by atoms with Crippen molar-refractivity contribution in [3.8, 4) is 17.8 Å². The van der Waals surface area contributed by atoms with Crippen LogP contribution in [0, 0.1) is 17.8 Å². The zero-order chi connectivity index (χ0) is 28.8. The van der Waals surface area contributed by atoms with Crippen molar-refractivity contribution in [1.29, 1.82) is 0 Å². The van der Waals surface area contributed by atoms with Gasteiger partial charge >= 0.3 is 8.05 Å². The Kier molecular flexibility index (Phi) is 9.32. The lowest BCUT2D eigenvalue weighted by Gasteiger charge is -2.32. The van der Waals surface area contributed by atoms with Crippen molar-refractivity contribution in [3.63, 3.8) is 0 Å². The first kappa shape index (κ1) is 29.0. The van der Waals surface area contributed by atoms with Crippen LogP contribution in [0.15, 0.2) is 42.5 Å². The molecule has 1 atom stereocenters. The molecule has 0 aliphatic carbocycles. The van der Waals surface area contributed by atoms with Crippen molar-refractivity contribution < 1.29 is 23.4 Å². The number of nitrogen functional groups attached to an aromatic ring is 1. The molecule has 3 N–H and O–H groups in total. The molecule has 1 aliphatic heterocycles. The van der Waals surface area contributed by atoms with E-state index in [1.54, 1.807) is 29.2 Å². The smallest absolute Gasteiger partial charge is 0.337 e. The highest BCUT2D eigenvalue weighted by Crippen LogP contribution is 2.36. The van der Waals surface area contributed by atoms with Gasteiger partial charge in [0.2, 0.25) is 0 Å². The maximum absolute atomic E-state index is 14.2. The van der Waals surface area contributed by atoms with E-state index in [-0.39, 0.29) is 38.8 Å². The molecule has 4 rings (SSSR count). The summed E-state index contributed by atoms with van der Waals surface area (Å²) in [5.41, 5.74) is 6.79. The summed E-state index contributed by atoms with van der Waals surface area (Å²) < 4.78 is 24.8. The van der Waals surface area contributed by atoms with E-state index in [0.717, 1.165) is 19.2 Å². The largest absolute Gasteiger partial charge is 0.525 e. The third-order valence-corrected chi connectivity index (χ3v) is 6.79. The molecule has 1 aliphatic rings. The first-order valence-electron chi connectivity index (χ1n) is 12.0. The number of benzene rings is 2. The number of piperazine rings is 1. The number of halogens is 3. The van der Waals surface area contributed by atoms with E-state index in [0.29, 0.717) is 24.3 Å². The lowest BCUT2D eigenvalue weighted by Crippen LogP contribution is -2.47. The fraction of sp³-hybridized carbons (Fsp3) is 0.231. The summed E-state index contributed by atoms with van der Waals surface area (Å²) >= 11 is 12.4. The van der Waals surface area contributed by atoms with E-state index in [1.165, 1.54) is 20.2 Å². The highest BCUT2D eigenvalue weighted by molar-refractivity contribution is 6.36. The molecule has 206 valence electrons. The molecule has 3 aromatic rings. The van der Waals surface area contributed by atoms with Gasteiger partial charge in [0.05, 0.1) is 16.2 Å². The Morgan fingerprint density at radius 2 is 1.82 bits per heavy atom. The summed E-state index contributed by atoms with van der Waals surface area (Å²) in [6.45, 7) is 2.94. The highest BCUT2D eigenvalue weighted by atomic mass is 35.5. The Hall–Kier alpha value is -4.05. The topological polar surface area (TPSA) is 123 Å². The van der Waals surface area contributed by atoms with Gasteiger partial charge in [-0.3, -0.25) is 9.59 Å². The van der Waals surface area contributed by atoms with Crippen LogP contribution in [0.25, 0.3) is 0 Å². The van der Waals surface area contributed by atoms with Gasteiger partial charge in [0.15, 0.2) is 23.4 Å². The Balaban J connectivity index is 1.50. The second-order valence-electron chi connectivity index (χ2n) is 8.81. The molecule has 2 amide bonds. The minimum atomic E-state index is -1.22. The lowest BCUT2D eigenvalue weighted by atomic mass is 10.1. The number of carbonyl (C=O) groups excluding carboxylic acids is 2. The monoisotopic (exact) mass is 584 g/mol. The van der Waals surface area contributed by atoms with E-state index in [9.17, 15) is 14.0 Å². The molecule has 0 unspecified atom stereocenters. The van der Waals surface area contributed by atoms with E-state index < -0.39 is 17.8 Å². The number of aromatic nitrogens is 2. The number of anilines is 2. The molecule has 1 saturated heterocycles. The molecule has 0 spiro atoms. The average Bonchev–Trinajstić information content (AvgIpc) is 2.95. The Morgan fingerprint density at radius 1 is 1.12 bits per heavy atom. The van der Waals surface area contributed by atoms with Gasteiger partial charge in [0, 0.05) is 49.1 Å². The molecule has 1 aromatic heterocycles. The van der Waals surface area contributed by atoms with Crippen LogP contribution < -0.4 is 15.8 Å². The Labute approximate surface area is 241 Å². The minimum Gasteiger partial charge on any atom is -0.525 e. The van der Waals surface area contributed by atoms with Gasteiger partial charge < -0.3 is 30.2 Å². The number of hydrogen-bond acceptors (Lipinski definition) is 8. The van der Waals surface area contributed by atoms with Crippen LogP contribution in [-0.2, 0) is 4.65 Å². The van der Waals surface area contributed by atoms with Gasteiger partial charge in [0.1, 0.15) is 5.82 Å². The predicted octanol–water partition coefficient (Wildman–Crippen LogP) is 2.79. The Morgan fingerprint density at radius 3 is 2.50 bits per heavy atom. The third-order valence-electron chi connectivity index (χ3n) is 6.08. The van der Waals surface area contributed by atoms with E-state index >= 15 is 0 Å². The normalized spacial score (nSPS) is 14.1. The molecule has 14 heteroatoms. The van der Waals surface area contributed by atoms with Crippen LogP contribution in [0.2, 0.25) is 10.0 Å². The number of likely N-dealkylation sites (N-methyl/N-ethyl adjacent to an activating group) is 1. The van der Waals surface area contributed by atoms with Crippen molar-refractivity contribution in [2.75, 3.05) is 44.3 Å². The molecule has 0 saturated carbocycles. The highest BCUT2D eigenvalue weighted by Gasteiger charge is 2.24. The molecule has 2 heterocycles. The summed E-state index contributed by atoms with van der Waals surface area (Å²) in [7, 11) is 3.35. The summed E-state index contributed by atoms with van der Waals surface area (Å²) in [4.78, 5) is 29.7. The molecule has 40 heavy (non-hydrogen) atoms. The number of nitrogens with two attached hydrogens (primary N) is 1. The second kappa shape index (κ2) is 12.9. The van der Waals surface area contributed by atoms with Gasteiger partial charge in [-0.15, -0.1) is 10.2 Å². The second-order valence-corrected chi connectivity index (χ2v) is 9.60. The lowest BCUT2D eigenvalue weighted by molar-refractivity contribution is 0.0664. The number of carbonyl (C=O) groups is 2. The van der Waals surface area contributed by atoms with E-state index in [1.807, 2.05) is 7.05 Å². The van der Waals surface area contributed by atoms with Crippen molar-refractivity contribution in [3.05, 3.63) is 75.1 Å². The number of nitrogens with one attached hydrogen (secondary N) is 1. The molecule has 0 radical (unpaired) electrons. The van der Waals surface area contributed by atoms with E-state index in [4.69, 9.17) is 38.3 Å². The minimum absolute atomic E-state index is 0.0429. The van der Waals surface area contributed by atoms with Crippen LogP contribution in [0.1, 0.15) is 32.5 Å². The summed E-state index contributed by atoms with van der Waals surface area (Å²) in [6, 6.07) is 10.2. The summed E-state index contributed by atoms with van der Waals surface area (Å²) in [5.74, 6) is 0.993. The zero-order valence-corrected chi connectivity index (χ0v) is 23.1. The fourth-order valence-corrected chi connectivity index (χ4v) is 4.42. The van der Waals surface area contributed by atoms with Gasteiger partial charge in [-0.1, -0.05) is 23.2 Å². The molecular formula is C26H24BCl2FN6O4. The van der Waals surface area contributed by atoms with Crippen molar-refractivity contribution in [2.45, 2.75) is 6.10 Å². The van der Waals surface area contributed by atoms with Crippen LogP contribution in [0.5, 0.6) is 5.75 Å². The average molecular weight is 585 g/mol. The Bertz CT molecular complexity index is 1480. The quantitative estimate of drug-likeness (QED) is 0.258. The maximum Gasteiger partial charge on any atom is 0.337 e. The van der Waals surface area contributed by atoms with Gasteiger partial charge in [-0.2, -0.15) is 0 Å². The van der Waals surface area contributed by atoms with Crippen molar-refractivity contribution in [2.24, 2.45) is 0 Å². The first-order chi connectivity index (χ1) is 19.2. The number of nitrogens with zero attached hydrogens (tertiary/aromatic N) is 4. The number of amides is 2. The van der Waals surface area contributed by atoms with Crippen molar-refractivity contribution >= 4 is 54.6 Å². The molecule has 2 aromatic carbocycles. The van der Waals surface area contributed by atoms with Gasteiger partial charge in [-0.05, 0) is 49.4 Å². The van der Waals surface area contributed by atoms with Crippen LogP contribution >= 0.6 is 23.2 Å². The van der Waals surface area contributed by atoms with Crippen molar-refractivity contribution in [1.82, 2.24) is 20.0 Å². The van der Waals surface area contributed by atoms with E-state index in [2.05, 4.69) is 32.4 Å². The number of rotatable bonds is 6. The summed E-state index contributed by atoms with van der Waals surface area (Å²) in [6.07, 6.45) is 1.15. The third kappa shape index (κ3) is 6.74. The van der Waals surface area contributed by atoms with Crippen LogP contribution in [0.3, 0.4) is 0 Å². The van der Waals surface area contributed by atoms with Crippen LogP contribution in [0.4, 0.5) is 15.9 Å². The molecule has 0 bridgehead atoms.